The molecule has 7 heteroatoms. The van der Waals surface area contributed by atoms with Crippen molar-refractivity contribution in [2.45, 2.75) is 6.92 Å². The third-order valence-electron chi connectivity index (χ3n) is 1.76. The maximum absolute atomic E-state index is 10.6. The molecule has 92 valence electrons. The van der Waals surface area contributed by atoms with E-state index in [1.54, 1.807) is 10.8 Å². The van der Waals surface area contributed by atoms with Crippen LogP contribution >= 0.6 is 11.3 Å². The molecule has 0 unspecified atom stereocenters. The lowest BCUT2D eigenvalue weighted by molar-refractivity contribution is -0.140. The number of carboxylic acid groups (broad SMARTS) is 2. The summed E-state index contributed by atoms with van der Waals surface area (Å²) >= 11 is 1.36. The van der Waals surface area contributed by atoms with E-state index >= 15 is 0 Å². The molecule has 0 aliphatic heterocycles. The van der Waals surface area contributed by atoms with Gasteiger partial charge in [-0.25, -0.2) is 9.59 Å². The molecule has 1 heterocycles. The Morgan fingerprint density at radius 1 is 1.41 bits per heavy atom. The summed E-state index contributed by atoms with van der Waals surface area (Å²) in [5.41, 5.74) is -0.199. The first-order valence-electron chi connectivity index (χ1n) is 4.68. The third-order valence-corrected chi connectivity index (χ3v) is 2.48. The Morgan fingerprint density at radius 2 is 2.06 bits per heavy atom. The predicted octanol–water partition coefficient (Wildman–Crippen LogP) is 1.61. The van der Waals surface area contributed by atoms with E-state index in [2.05, 4.69) is 5.32 Å². The van der Waals surface area contributed by atoms with Crippen molar-refractivity contribution in [2.75, 3.05) is 11.9 Å². The van der Waals surface area contributed by atoms with Crippen molar-refractivity contribution < 1.29 is 24.5 Å². The molecule has 6 nitrogen and oxygen atoms in total. The van der Waals surface area contributed by atoms with E-state index in [1.165, 1.54) is 11.3 Å². The largest absolute Gasteiger partial charge is 0.491 e. The van der Waals surface area contributed by atoms with Gasteiger partial charge in [-0.3, -0.25) is 0 Å². The van der Waals surface area contributed by atoms with Crippen molar-refractivity contribution in [1.82, 2.24) is 0 Å². The van der Waals surface area contributed by atoms with Gasteiger partial charge in [-0.05, 0) is 6.92 Å². The monoisotopic (exact) mass is 257 g/mol. The van der Waals surface area contributed by atoms with Gasteiger partial charge in [-0.2, -0.15) is 0 Å². The molecule has 0 amide bonds. The lowest BCUT2D eigenvalue weighted by Crippen LogP contribution is -2.12. The molecular formula is C10H11NO5S. The first kappa shape index (κ1) is 13.0. The fourth-order valence-corrected chi connectivity index (χ4v) is 1.73. The van der Waals surface area contributed by atoms with Crippen LogP contribution in [0.1, 0.15) is 6.92 Å². The number of aliphatic carboxylic acids is 2. The van der Waals surface area contributed by atoms with Crippen molar-refractivity contribution >= 4 is 29.0 Å². The average molecular weight is 257 g/mol. The second-order valence-electron chi connectivity index (χ2n) is 2.90. The fourth-order valence-electron chi connectivity index (χ4n) is 1.02. The summed E-state index contributed by atoms with van der Waals surface area (Å²) in [7, 11) is 0. The van der Waals surface area contributed by atoms with Crippen LogP contribution in [0.5, 0.6) is 5.75 Å². The molecule has 0 aromatic carbocycles. The highest BCUT2D eigenvalue weighted by Gasteiger charge is 2.16. The minimum absolute atomic E-state index is 0.472. The van der Waals surface area contributed by atoms with Crippen LogP contribution < -0.4 is 10.1 Å². The summed E-state index contributed by atoms with van der Waals surface area (Å²) < 4.78 is 5.25. The van der Waals surface area contributed by atoms with Gasteiger partial charge in [0.1, 0.15) is 0 Å². The second kappa shape index (κ2) is 5.90. The van der Waals surface area contributed by atoms with Gasteiger partial charge < -0.3 is 20.3 Å². The Kier molecular flexibility index (Phi) is 4.53. The Bertz CT molecular complexity index is 435. The standard InChI is InChI=1S/C10H11NO5S/c1-2-16-8-5-17-4-7(8)11-3-6(9(12)13)10(14)15/h3-5,11H,2H2,1H3,(H,12,13)(H,14,15). The minimum Gasteiger partial charge on any atom is -0.491 e. The quantitative estimate of drug-likeness (QED) is 0.407. The Hall–Kier alpha value is -2.02. The van der Waals surface area contributed by atoms with Gasteiger partial charge in [0.25, 0.3) is 0 Å². The van der Waals surface area contributed by atoms with E-state index in [1.807, 2.05) is 6.92 Å². The number of carboxylic acids is 2. The highest BCUT2D eigenvalue weighted by molar-refractivity contribution is 7.08. The molecular weight excluding hydrogens is 246 g/mol. The number of hydrogen-bond donors (Lipinski definition) is 3. The van der Waals surface area contributed by atoms with Crippen LogP contribution in [0.4, 0.5) is 5.69 Å². The second-order valence-corrected chi connectivity index (χ2v) is 3.64. The zero-order chi connectivity index (χ0) is 12.8. The number of rotatable bonds is 6. The molecule has 0 atom stereocenters. The highest BCUT2D eigenvalue weighted by atomic mass is 32.1. The number of nitrogens with one attached hydrogen (secondary N) is 1. The van der Waals surface area contributed by atoms with Crippen molar-refractivity contribution in [3.05, 3.63) is 22.5 Å². The molecule has 17 heavy (non-hydrogen) atoms. The molecule has 0 aliphatic carbocycles. The number of ether oxygens (including phenoxy) is 1. The van der Waals surface area contributed by atoms with Gasteiger partial charge in [-0.15, -0.1) is 11.3 Å². The van der Waals surface area contributed by atoms with Crippen LogP contribution in [0.2, 0.25) is 0 Å². The molecule has 0 saturated heterocycles. The van der Waals surface area contributed by atoms with Crippen LogP contribution in [-0.2, 0) is 9.59 Å². The fraction of sp³-hybridized carbons (Fsp3) is 0.200. The van der Waals surface area contributed by atoms with Crippen molar-refractivity contribution in [3.63, 3.8) is 0 Å². The number of thiophene rings is 1. The molecule has 1 rings (SSSR count). The summed E-state index contributed by atoms with van der Waals surface area (Å²) in [4.78, 5) is 21.2. The van der Waals surface area contributed by atoms with Crippen molar-refractivity contribution in [2.24, 2.45) is 0 Å². The van der Waals surface area contributed by atoms with Crippen molar-refractivity contribution in [1.29, 1.82) is 0 Å². The van der Waals surface area contributed by atoms with Crippen LogP contribution in [0.15, 0.2) is 22.5 Å². The topological polar surface area (TPSA) is 95.9 Å². The normalized spacial score (nSPS) is 9.47. The van der Waals surface area contributed by atoms with Gasteiger partial charge in [0, 0.05) is 17.0 Å². The summed E-state index contributed by atoms with van der Waals surface area (Å²) in [6.45, 7) is 2.29. The van der Waals surface area contributed by atoms with Crippen LogP contribution in [0.3, 0.4) is 0 Å². The maximum atomic E-state index is 10.6. The Balaban J connectivity index is 2.83. The van der Waals surface area contributed by atoms with Crippen LogP contribution in [0, 0.1) is 0 Å². The zero-order valence-electron chi connectivity index (χ0n) is 8.97. The number of carbonyl (C=O) groups is 2. The SMILES string of the molecule is CCOc1cscc1NC=C(C(=O)O)C(=O)O. The van der Waals surface area contributed by atoms with E-state index in [-0.39, 0.29) is 0 Å². The lowest BCUT2D eigenvalue weighted by atomic mass is 10.3. The van der Waals surface area contributed by atoms with Crippen molar-refractivity contribution in [3.8, 4) is 5.75 Å². The van der Waals surface area contributed by atoms with Gasteiger partial charge >= 0.3 is 11.9 Å². The molecule has 0 radical (unpaired) electrons. The smallest absolute Gasteiger partial charge is 0.344 e. The molecule has 0 aliphatic rings. The van der Waals surface area contributed by atoms with Gasteiger partial charge in [0.05, 0.1) is 12.3 Å². The minimum atomic E-state index is -1.50. The molecule has 0 spiro atoms. The van der Waals surface area contributed by atoms with E-state index in [9.17, 15) is 9.59 Å². The van der Waals surface area contributed by atoms with E-state index < -0.39 is 17.5 Å². The maximum Gasteiger partial charge on any atom is 0.344 e. The Morgan fingerprint density at radius 3 is 2.59 bits per heavy atom. The van der Waals surface area contributed by atoms with Crippen LogP contribution in [-0.4, -0.2) is 28.8 Å². The third kappa shape index (κ3) is 3.49. The zero-order valence-corrected chi connectivity index (χ0v) is 9.78. The highest BCUT2D eigenvalue weighted by Crippen LogP contribution is 2.29. The Labute approximate surface area is 101 Å². The first-order valence-corrected chi connectivity index (χ1v) is 5.62. The van der Waals surface area contributed by atoms with Gasteiger partial charge in [0.2, 0.25) is 0 Å². The molecule has 1 aromatic rings. The predicted molar refractivity (Wildman–Crippen MR) is 62.5 cm³/mol. The lowest BCUT2D eigenvalue weighted by Gasteiger charge is -2.04. The molecule has 0 bridgehead atoms. The molecule has 0 saturated carbocycles. The summed E-state index contributed by atoms with van der Waals surface area (Å²) in [5.74, 6) is -2.44. The molecule has 3 N–H and O–H groups in total. The summed E-state index contributed by atoms with van der Waals surface area (Å²) in [6.07, 6.45) is 0.926. The van der Waals surface area contributed by atoms with E-state index in [0.717, 1.165) is 6.20 Å². The summed E-state index contributed by atoms with van der Waals surface area (Å²) in [6, 6.07) is 0. The molecule has 0 fully saturated rings. The van der Waals surface area contributed by atoms with Gasteiger partial charge in [0.15, 0.2) is 11.3 Å². The number of anilines is 1. The first-order chi connectivity index (χ1) is 8.06. The number of hydrogen-bond acceptors (Lipinski definition) is 5. The van der Waals surface area contributed by atoms with E-state index in [4.69, 9.17) is 14.9 Å². The molecule has 1 aromatic heterocycles. The average Bonchev–Trinajstić information content (AvgIpc) is 2.65. The van der Waals surface area contributed by atoms with Gasteiger partial charge in [-0.1, -0.05) is 0 Å². The summed E-state index contributed by atoms with van der Waals surface area (Å²) in [5, 5.41) is 23.3. The van der Waals surface area contributed by atoms with E-state index in [0.29, 0.717) is 18.0 Å². The van der Waals surface area contributed by atoms with Crippen LogP contribution in [0.25, 0.3) is 0 Å².